The molecule has 0 N–H and O–H groups in total. The van der Waals surface area contributed by atoms with Crippen molar-refractivity contribution >= 4 is 33.0 Å². The first-order chi connectivity index (χ1) is 16.9. The van der Waals surface area contributed by atoms with Gasteiger partial charge in [0.1, 0.15) is 11.3 Å². The molecule has 1 unspecified atom stereocenters. The van der Waals surface area contributed by atoms with E-state index in [1.165, 1.54) is 21.8 Å². The van der Waals surface area contributed by atoms with E-state index in [1.807, 2.05) is 12.3 Å². The molecule has 4 nitrogen and oxygen atoms in total. The molecule has 34 heavy (non-hydrogen) atoms. The first-order valence-corrected chi connectivity index (χ1v) is 11.6. The summed E-state index contributed by atoms with van der Waals surface area (Å²) in [7, 11) is 0. The highest BCUT2D eigenvalue weighted by Crippen LogP contribution is 2.37. The predicted octanol–water partition coefficient (Wildman–Crippen LogP) is 7.25. The Morgan fingerprint density at radius 1 is 0.735 bits per heavy atom. The molecule has 0 radical (unpaired) electrons. The molecular weight excluding hydrogens is 416 g/mol. The molecule has 0 saturated heterocycles. The highest BCUT2D eigenvalue weighted by Gasteiger charge is 2.23. The molecule has 0 aliphatic heterocycles. The van der Waals surface area contributed by atoms with Crippen LogP contribution in [0.15, 0.2) is 115 Å². The molecule has 0 fully saturated rings. The number of rotatable bonds is 3. The normalized spacial score (nSPS) is 15.6. The van der Waals surface area contributed by atoms with Crippen molar-refractivity contribution < 1.29 is 0 Å². The van der Waals surface area contributed by atoms with Crippen molar-refractivity contribution in [1.29, 1.82) is 0 Å². The molecule has 162 valence electrons. The van der Waals surface area contributed by atoms with Crippen LogP contribution in [0, 0.1) is 0 Å². The Kier molecular flexibility index (Phi) is 4.24. The highest BCUT2D eigenvalue weighted by atomic mass is 15.2. The molecule has 1 aliphatic carbocycles. The van der Waals surface area contributed by atoms with Crippen LogP contribution in [0.1, 0.15) is 12.5 Å². The van der Waals surface area contributed by atoms with Gasteiger partial charge in [-0.05, 0) is 24.6 Å². The van der Waals surface area contributed by atoms with Crippen LogP contribution < -0.4 is 0 Å². The van der Waals surface area contributed by atoms with Crippen LogP contribution in [0.4, 0.5) is 0 Å². The van der Waals surface area contributed by atoms with Gasteiger partial charge in [0.05, 0.1) is 22.8 Å². The zero-order chi connectivity index (χ0) is 22.5. The van der Waals surface area contributed by atoms with Crippen molar-refractivity contribution in [3.05, 3.63) is 115 Å². The lowest BCUT2D eigenvalue weighted by Gasteiger charge is -2.18. The second kappa shape index (κ2) is 7.56. The summed E-state index contributed by atoms with van der Waals surface area (Å²) in [5, 5.41) is 2.48. The number of fused-ring (bicyclic) bond motifs is 4. The third-order valence-corrected chi connectivity index (χ3v) is 6.70. The van der Waals surface area contributed by atoms with Gasteiger partial charge in [-0.3, -0.25) is 0 Å². The third kappa shape index (κ3) is 2.78. The van der Waals surface area contributed by atoms with Gasteiger partial charge in [-0.2, -0.15) is 0 Å². The van der Waals surface area contributed by atoms with Gasteiger partial charge in [-0.25, -0.2) is 9.97 Å². The molecule has 6 aromatic rings. The number of nitrogens with zero attached hydrogens (tertiary/aromatic N) is 4. The van der Waals surface area contributed by atoms with E-state index in [-0.39, 0.29) is 6.04 Å². The van der Waals surface area contributed by atoms with Crippen LogP contribution in [-0.4, -0.2) is 19.1 Å². The van der Waals surface area contributed by atoms with Crippen LogP contribution in [-0.2, 0) is 0 Å². The van der Waals surface area contributed by atoms with Gasteiger partial charge in [0.15, 0.2) is 5.65 Å². The van der Waals surface area contributed by atoms with Crippen LogP contribution >= 0.6 is 0 Å². The average molecular weight is 439 g/mol. The van der Waals surface area contributed by atoms with Gasteiger partial charge >= 0.3 is 0 Å². The summed E-state index contributed by atoms with van der Waals surface area (Å²) in [6, 6.07) is 29.9. The number of allylic oxidation sites excluding steroid dienone is 4. The van der Waals surface area contributed by atoms with E-state index in [0.717, 1.165) is 34.7 Å². The zero-order valence-electron chi connectivity index (χ0n) is 18.5. The summed E-state index contributed by atoms with van der Waals surface area (Å²) < 4.78 is 4.62. The Morgan fingerprint density at radius 3 is 2.15 bits per heavy atom. The molecule has 1 atom stereocenters. The number of hydrogen-bond donors (Lipinski definition) is 0. The lowest BCUT2D eigenvalue weighted by Crippen LogP contribution is -2.09. The molecule has 0 amide bonds. The molecule has 3 aromatic carbocycles. The van der Waals surface area contributed by atoms with E-state index in [4.69, 9.17) is 9.97 Å². The van der Waals surface area contributed by atoms with E-state index < -0.39 is 0 Å². The monoisotopic (exact) mass is 438 g/mol. The van der Waals surface area contributed by atoms with E-state index in [0.29, 0.717) is 0 Å². The topological polar surface area (TPSA) is 35.6 Å². The van der Waals surface area contributed by atoms with E-state index in [1.54, 1.807) is 0 Å². The van der Waals surface area contributed by atoms with E-state index >= 15 is 0 Å². The minimum atomic E-state index is 0.172. The summed E-state index contributed by atoms with van der Waals surface area (Å²) in [5.41, 5.74) is 6.31. The van der Waals surface area contributed by atoms with Crippen LogP contribution in [0.25, 0.3) is 50.0 Å². The predicted molar refractivity (Wildman–Crippen MR) is 139 cm³/mol. The molecule has 7 rings (SSSR count). The van der Waals surface area contributed by atoms with Crippen LogP contribution in [0.3, 0.4) is 0 Å². The molecule has 1 aliphatic rings. The Hall–Kier alpha value is -4.44. The number of hydrogen-bond acceptors (Lipinski definition) is 2. The summed E-state index contributed by atoms with van der Waals surface area (Å²) >= 11 is 0. The molecular formula is C30H22N4. The van der Waals surface area contributed by atoms with Crippen LogP contribution in [0.5, 0.6) is 0 Å². The van der Waals surface area contributed by atoms with Gasteiger partial charge in [-0.15, -0.1) is 0 Å². The van der Waals surface area contributed by atoms with Gasteiger partial charge in [0, 0.05) is 22.5 Å². The summed E-state index contributed by atoms with van der Waals surface area (Å²) in [6.07, 6.45) is 11.5. The lowest BCUT2D eigenvalue weighted by molar-refractivity contribution is 0.626. The van der Waals surface area contributed by atoms with Crippen molar-refractivity contribution in [2.24, 2.45) is 0 Å². The van der Waals surface area contributed by atoms with Crippen LogP contribution in [0.2, 0.25) is 0 Å². The first-order valence-electron chi connectivity index (χ1n) is 11.6. The maximum atomic E-state index is 5.25. The first kappa shape index (κ1) is 19.1. The standard InChI is InChI=1S/C30H22N4/c1-3-11-21(12-4-1)29-32-28-27(19-20-31-30(28)33(29)22-13-5-2-6-14-22)34-25-17-9-7-15-23(25)24-16-8-10-18-26(24)34/h1-13,15-20,22H,14H2. The SMILES string of the molecule is C1=CCC(n2c(-c3ccccc3)nc3c(-n4c5ccccc5c5ccccc54)ccnc32)C=C1. The fourth-order valence-corrected chi connectivity index (χ4v) is 5.20. The van der Waals surface area contributed by atoms with Gasteiger partial charge < -0.3 is 9.13 Å². The molecule has 4 heteroatoms. The molecule has 0 saturated carbocycles. The summed E-state index contributed by atoms with van der Waals surface area (Å²) in [4.78, 5) is 10.1. The zero-order valence-corrected chi connectivity index (χ0v) is 18.5. The maximum Gasteiger partial charge on any atom is 0.163 e. The smallest absolute Gasteiger partial charge is 0.163 e. The third-order valence-electron chi connectivity index (χ3n) is 6.70. The second-order valence-electron chi connectivity index (χ2n) is 8.66. The Balaban J connectivity index is 1.58. The summed E-state index contributed by atoms with van der Waals surface area (Å²) in [5.74, 6) is 0.946. The number of pyridine rings is 1. The number of aromatic nitrogens is 4. The van der Waals surface area contributed by atoms with Crippen molar-refractivity contribution in [2.45, 2.75) is 12.5 Å². The number of para-hydroxylation sites is 2. The fourth-order valence-electron chi connectivity index (χ4n) is 5.20. The Bertz CT molecular complexity index is 1680. The molecule has 0 bridgehead atoms. The highest BCUT2D eigenvalue weighted by molar-refractivity contribution is 6.10. The van der Waals surface area contributed by atoms with Gasteiger partial charge in [0.25, 0.3) is 0 Å². The Labute approximate surface area is 197 Å². The Morgan fingerprint density at radius 2 is 1.44 bits per heavy atom. The summed E-state index contributed by atoms with van der Waals surface area (Å²) in [6.45, 7) is 0. The van der Waals surface area contributed by atoms with Gasteiger partial charge in [0.2, 0.25) is 0 Å². The van der Waals surface area contributed by atoms with Crippen molar-refractivity contribution in [2.75, 3.05) is 0 Å². The number of benzene rings is 3. The van der Waals surface area contributed by atoms with E-state index in [2.05, 4.69) is 112 Å². The largest absolute Gasteiger partial charge is 0.307 e. The number of imidazole rings is 1. The van der Waals surface area contributed by atoms with Crippen molar-refractivity contribution in [3.8, 4) is 17.1 Å². The minimum absolute atomic E-state index is 0.172. The second-order valence-corrected chi connectivity index (χ2v) is 8.66. The molecule has 3 heterocycles. The van der Waals surface area contributed by atoms with E-state index in [9.17, 15) is 0 Å². The van der Waals surface area contributed by atoms with Crippen molar-refractivity contribution in [1.82, 2.24) is 19.1 Å². The maximum absolute atomic E-state index is 5.25. The quantitative estimate of drug-likeness (QED) is 0.292. The minimum Gasteiger partial charge on any atom is -0.307 e. The fraction of sp³-hybridized carbons (Fsp3) is 0.0667. The molecule has 3 aromatic heterocycles. The average Bonchev–Trinajstić information content (AvgIpc) is 3.46. The van der Waals surface area contributed by atoms with Gasteiger partial charge in [-0.1, -0.05) is 91.0 Å². The lowest BCUT2D eigenvalue weighted by atomic mass is 10.1. The molecule has 0 spiro atoms. The van der Waals surface area contributed by atoms with Crippen molar-refractivity contribution in [3.63, 3.8) is 0 Å².